The number of benzene rings is 1. The molecule has 0 aliphatic carbocycles. The number of hydrogen-bond acceptors (Lipinski definition) is 4. The Morgan fingerprint density at radius 2 is 1.95 bits per heavy atom. The van der Waals surface area contributed by atoms with Gasteiger partial charge in [0.05, 0.1) is 0 Å². The van der Waals surface area contributed by atoms with Crippen molar-refractivity contribution in [2.45, 2.75) is 20.3 Å². The van der Waals surface area contributed by atoms with Crippen molar-refractivity contribution in [1.82, 2.24) is 20.1 Å². The Morgan fingerprint density at radius 1 is 1.10 bits per heavy atom. The van der Waals surface area contributed by atoms with Gasteiger partial charge in [-0.25, -0.2) is 0 Å². The highest BCUT2D eigenvalue weighted by atomic mass is 15.3. The van der Waals surface area contributed by atoms with E-state index in [2.05, 4.69) is 45.5 Å². The number of anilines is 1. The van der Waals surface area contributed by atoms with Crippen molar-refractivity contribution in [3.8, 4) is 11.4 Å². The van der Waals surface area contributed by atoms with Crippen molar-refractivity contribution in [2.75, 3.05) is 31.1 Å². The molecule has 0 saturated carbocycles. The summed E-state index contributed by atoms with van der Waals surface area (Å²) in [5, 5.41) is 11.9. The largest absolute Gasteiger partial charge is 0.370 e. The molecule has 5 heteroatoms. The minimum absolute atomic E-state index is 0.937. The second-order valence-corrected chi connectivity index (χ2v) is 5.72. The fraction of sp³-hybridized carbons (Fsp3) is 0.500. The highest BCUT2D eigenvalue weighted by Gasteiger charge is 2.14. The zero-order chi connectivity index (χ0) is 14.8. The van der Waals surface area contributed by atoms with E-state index >= 15 is 0 Å². The molecule has 21 heavy (non-hydrogen) atoms. The third-order valence-electron chi connectivity index (χ3n) is 4.25. The zero-order valence-electron chi connectivity index (χ0n) is 13.1. The van der Waals surface area contributed by atoms with Gasteiger partial charge in [0.2, 0.25) is 0 Å². The van der Waals surface area contributed by atoms with Gasteiger partial charge in [0, 0.05) is 37.9 Å². The van der Waals surface area contributed by atoms with E-state index in [0.717, 1.165) is 43.4 Å². The topological polar surface area (TPSA) is 46.0 Å². The van der Waals surface area contributed by atoms with E-state index in [1.54, 1.807) is 0 Å². The van der Waals surface area contributed by atoms with Crippen LogP contribution in [0.15, 0.2) is 18.2 Å². The van der Waals surface area contributed by atoms with Crippen LogP contribution in [-0.4, -0.2) is 40.9 Å². The summed E-state index contributed by atoms with van der Waals surface area (Å²) in [4.78, 5) is 2.46. The van der Waals surface area contributed by atoms with Gasteiger partial charge in [0.1, 0.15) is 5.82 Å². The molecule has 0 spiro atoms. The summed E-state index contributed by atoms with van der Waals surface area (Å²) in [6, 6.07) is 6.65. The molecule has 0 radical (unpaired) electrons. The number of rotatable bonds is 2. The molecular formula is C16H23N5. The predicted molar refractivity (Wildman–Crippen MR) is 85.6 cm³/mol. The molecule has 0 atom stereocenters. The molecule has 112 valence electrons. The van der Waals surface area contributed by atoms with Gasteiger partial charge in [-0.3, -0.25) is 0 Å². The van der Waals surface area contributed by atoms with E-state index in [0.29, 0.717) is 0 Å². The van der Waals surface area contributed by atoms with Gasteiger partial charge >= 0.3 is 0 Å². The summed E-state index contributed by atoms with van der Waals surface area (Å²) < 4.78 is 2.04. The number of aryl methyl sites for hydroxylation is 2. The van der Waals surface area contributed by atoms with Gasteiger partial charge in [-0.05, 0) is 50.6 Å². The Bertz CT molecular complexity index is 624. The van der Waals surface area contributed by atoms with Crippen LogP contribution in [0.25, 0.3) is 11.4 Å². The summed E-state index contributed by atoms with van der Waals surface area (Å²) in [7, 11) is 2.01. The highest BCUT2D eigenvalue weighted by molar-refractivity contribution is 5.65. The lowest BCUT2D eigenvalue weighted by Crippen LogP contribution is -2.27. The predicted octanol–water partition coefficient (Wildman–Crippen LogP) is 1.90. The van der Waals surface area contributed by atoms with Crippen LogP contribution >= 0.6 is 0 Å². The molecule has 2 aromatic rings. The van der Waals surface area contributed by atoms with E-state index in [1.165, 1.54) is 17.7 Å². The van der Waals surface area contributed by atoms with E-state index in [1.807, 2.05) is 18.5 Å². The monoisotopic (exact) mass is 285 g/mol. The standard InChI is InChI=1S/C16H23N5/c1-12-11-14(21-9-4-7-17-8-10-21)5-6-15(12)16-19-18-13(2)20(16)3/h5-6,11,17H,4,7-10H2,1-3H3. The van der Waals surface area contributed by atoms with Crippen molar-refractivity contribution in [3.63, 3.8) is 0 Å². The third-order valence-corrected chi connectivity index (χ3v) is 4.25. The molecule has 1 saturated heterocycles. The second-order valence-electron chi connectivity index (χ2n) is 5.72. The average Bonchev–Trinajstić information content (AvgIpc) is 2.72. The number of aromatic nitrogens is 3. The summed E-state index contributed by atoms with van der Waals surface area (Å²) in [5.74, 6) is 1.88. The Balaban J connectivity index is 1.90. The van der Waals surface area contributed by atoms with Gasteiger partial charge in [-0.1, -0.05) is 0 Å². The van der Waals surface area contributed by atoms with Crippen LogP contribution in [0.3, 0.4) is 0 Å². The maximum absolute atomic E-state index is 4.29. The molecule has 1 aliphatic rings. The molecular weight excluding hydrogens is 262 g/mol. The van der Waals surface area contributed by atoms with Crippen LogP contribution in [0.5, 0.6) is 0 Å². The van der Waals surface area contributed by atoms with Crippen LogP contribution in [0, 0.1) is 13.8 Å². The van der Waals surface area contributed by atoms with E-state index < -0.39 is 0 Å². The molecule has 0 bridgehead atoms. The molecule has 5 nitrogen and oxygen atoms in total. The Labute approximate surface area is 126 Å². The summed E-state index contributed by atoms with van der Waals surface area (Å²) >= 11 is 0. The van der Waals surface area contributed by atoms with Crippen molar-refractivity contribution in [2.24, 2.45) is 7.05 Å². The van der Waals surface area contributed by atoms with Crippen molar-refractivity contribution < 1.29 is 0 Å². The maximum Gasteiger partial charge on any atom is 0.163 e. The summed E-state index contributed by atoms with van der Waals surface area (Å²) in [5.41, 5.74) is 3.72. The van der Waals surface area contributed by atoms with Gasteiger partial charge < -0.3 is 14.8 Å². The van der Waals surface area contributed by atoms with Gasteiger partial charge in [-0.2, -0.15) is 0 Å². The molecule has 1 N–H and O–H groups in total. The van der Waals surface area contributed by atoms with Crippen LogP contribution in [0.2, 0.25) is 0 Å². The second kappa shape index (κ2) is 5.85. The molecule has 3 rings (SSSR count). The van der Waals surface area contributed by atoms with E-state index in [4.69, 9.17) is 0 Å². The van der Waals surface area contributed by atoms with E-state index in [9.17, 15) is 0 Å². The first-order valence-electron chi connectivity index (χ1n) is 7.59. The van der Waals surface area contributed by atoms with Crippen LogP contribution in [0.4, 0.5) is 5.69 Å². The molecule has 1 aromatic heterocycles. The zero-order valence-corrected chi connectivity index (χ0v) is 13.1. The molecule has 1 fully saturated rings. The molecule has 2 heterocycles. The lowest BCUT2D eigenvalue weighted by molar-refractivity contribution is 0.724. The Kier molecular flexibility index (Phi) is 3.92. The molecule has 0 amide bonds. The van der Waals surface area contributed by atoms with E-state index in [-0.39, 0.29) is 0 Å². The lowest BCUT2D eigenvalue weighted by Gasteiger charge is -2.23. The number of hydrogen-bond donors (Lipinski definition) is 1. The average molecular weight is 285 g/mol. The Morgan fingerprint density at radius 3 is 2.67 bits per heavy atom. The van der Waals surface area contributed by atoms with Gasteiger partial charge in [0.15, 0.2) is 5.82 Å². The summed E-state index contributed by atoms with van der Waals surface area (Å²) in [6.45, 7) is 8.50. The minimum atomic E-state index is 0.937. The van der Waals surface area contributed by atoms with Gasteiger partial charge in [0.25, 0.3) is 0 Å². The lowest BCUT2D eigenvalue weighted by atomic mass is 10.1. The van der Waals surface area contributed by atoms with Crippen LogP contribution < -0.4 is 10.2 Å². The number of nitrogens with zero attached hydrogens (tertiary/aromatic N) is 4. The normalized spacial score (nSPS) is 16.0. The van der Waals surface area contributed by atoms with Crippen LogP contribution in [0.1, 0.15) is 17.8 Å². The quantitative estimate of drug-likeness (QED) is 0.915. The van der Waals surface area contributed by atoms with Crippen LogP contribution in [-0.2, 0) is 7.05 Å². The first-order valence-corrected chi connectivity index (χ1v) is 7.59. The van der Waals surface area contributed by atoms with Crippen molar-refractivity contribution in [1.29, 1.82) is 0 Å². The molecule has 1 aromatic carbocycles. The Hall–Kier alpha value is -1.88. The maximum atomic E-state index is 4.29. The smallest absolute Gasteiger partial charge is 0.163 e. The SMILES string of the molecule is Cc1cc(N2CCCNCC2)ccc1-c1nnc(C)n1C. The number of nitrogens with one attached hydrogen (secondary N) is 1. The van der Waals surface area contributed by atoms with Gasteiger partial charge in [-0.15, -0.1) is 10.2 Å². The molecule has 1 aliphatic heterocycles. The third kappa shape index (κ3) is 2.78. The van der Waals surface area contributed by atoms with Crippen molar-refractivity contribution >= 4 is 5.69 Å². The minimum Gasteiger partial charge on any atom is -0.370 e. The summed E-state index contributed by atoms with van der Waals surface area (Å²) in [6.07, 6.45) is 1.20. The van der Waals surface area contributed by atoms with Crippen molar-refractivity contribution in [3.05, 3.63) is 29.6 Å². The molecule has 0 unspecified atom stereocenters. The fourth-order valence-corrected chi connectivity index (χ4v) is 2.84. The fourth-order valence-electron chi connectivity index (χ4n) is 2.84. The first kappa shape index (κ1) is 14.1. The first-order chi connectivity index (χ1) is 10.2. The highest BCUT2D eigenvalue weighted by Crippen LogP contribution is 2.26.